The number of anilines is 1. The number of rotatable bonds is 3. The van der Waals surface area contributed by atoms with Crippen molar-refractivity contribution in [2.75, 3.05) is 11.4 Å². The molecule has 0 aromatic heterocycles. The van der Waals surface area contributed by atoms with Gasteiger partial charge in [-0.15, -0.1) is 0 Å². The quantitative estimate of drug-likeness (QED) is 0.465. The molecule has 1 rings (SSSR count). The number of amides is 3. The molecule has 1 aromatic carbocycles. The zero-order valence-corrected chi connectivity index (χ0v) is 8.33. The largest absolute Gasteiger partial charge is 0.354 e. The molecule has 15 heavy (non-hydrogen) atoms. The summed E-state index contributed by atoms with van der Waals surface area (Å²) in [7, 11) is 0. The third kappa shape index (κ3) is 2.54. The molecule has 0 saturated carbocycles. The first-order valence-electron chi connectivity index (χ1n) is 4.50. The van der Waals surface area contributed by atoms with Gasteiger partial charge < -0.3 is 0 Å². The highest BCUT2D eigenvalue weighted by Crippen LogP contribution is 2.12. The molecule has 0 fully saturated rings. The van der Waals surface area contributed by atoms with Crippen LogP contribution in [-0.4, -0.2) is 29.3 Å². The summed E-state index contributed by atoms with van der Waals surface area (Å²) in [6.45, 7) is 1.72. The number of nitrogens with zero attached hydrogens (tertiary/aromatic N) is 2. The average Bonchev–Trinajstić information content (AvgIpc) is 2.30. The van der Waals surface area contributed by atoms with Crippen LogP contribution >= 0.6 is 0 Å². The van der Waals surface area contributed by atoms with E-state index in [2.05, 4.69) is 0 Å². The summed E-state index contributed by atoms with van der Waals surface area (Å²) in [6, 6.07) is 7.62. The van der Waals surface area contributed by atoms with Crippen molar-refractivity contribution in [3.8, 4) is 0 Å². The summed E-state index contributed by atoms with van der Waals surface area (Å²) >= 11 is 0. The summed E-state index contributed by atoms with van der Waals surface area (Å²) in [5, 5.41) is 9.65. The number of urea groups is 1. The lowest BCUT2D eigenvalue weighted by atomic mass is 10.3. The molecule has 5 heteroatoms. The van der Waals surface area contributed by atoms with Crippen molar-refractivity contribution >= 4 is 18.1 Å². The lowest BCUT2D eigenvalue weighted by molar-refractivity contribution is -0.107. The number of carbonyl (C=O) groups is 2. The topological polar surface area (TPSA) is 60.9 Å². The monoisotopic (exact) mass is 208 g/mol. The van der Waals surface area contributed by atoms with Crippen molar-refractivity contribution in [3.63, 3.8) is 0 Å². The molecule has 0 spiro atoms. The van der Waals surface area contributed by atoms with Crippen LogP contribution in [0.1, 0.15) is 6.92 Å². The number of hydrogen-bond acceptors (Lipinski definition) is 3. The van der Waals surface area contributed by atoms with E-state index in [-0.39, 0.29) is 6.54 Å². The Morgan fingerprint density at radius 3 is 2.47 bits per heavy atom. The number of carbonyl (C=O) groups excluding carboxylic acids is 2. The summed E-state index contributed by atoms with van der Waals surface area (Å²) in [6.07, 6.45) is 0.372. The number of hydroxylamine groups is 2. The molecule has 3 amide bonds. The maximum Gasteiger partial charge on any atom is 0.354 e. The molecule has 0 atom stereocenters. The Labute approximate surface area is 87.5 Å². The van der Waals surface area contributed by atoms with Gasteiger partial charge in [0.1, 0.15) is 0 Å². The maximum absolute atomic E-state index is 11.5. The van der Waals surface area contributed by atoms with Crippen molar-refractivity contribution in [2.45, 2.75) is 6.92 Å². The van der Waals surface area contributed by atoms with Crippen molar-refractivity contribution in [1.82, 2.24) is 5.06 Å². The van der Waals surface area contributed by atoms with Gasteiger partial charge >= 0.3 is 6.03 Å². The molecule has 0 unspecified atom stereocenters. The minimum Gasteiger partial charge on any atom is -0.284 e. The SMILES string of the molecule is CCN(O)C(=O)N(C=O)c1ccccc1. The fraction of sp³-hybridized carbons (Fsp3) is 0.200. The standard InChI is InChI=1S/C10H12N2O3/c1-2-12(15)10(14)11(8-13)9-6-4-3-5-7-9/h3-8,15H,2H2,1H3. The first-order chi connectivity index (χ1) is 7.20. The molecule has 0 aliphatic rings. The van der Waals surface area contributed by atoms with Gasteiger partial charge in [-0.3, -0.25) is 10.0 Å². The molecule has 1 N–H and O–H groups in total. The molecular weight excluding hydrogens is 196 g/mol. The Kier molecular flexibility index (Phi) is 3.82. The fourth-order valence-electron chi connectivity index (χ4n) is 1.06. The lowest BCUT2D eigenvalue weighted by Gasteiger charge is -2.20. The third-order valence-electron chi connectivity index (χ3n) is 1.87. The molecule has 80 valence electrons. The van der Waals surface area contributed by atoms with Gasteiger partial charge in [0.05, 0.1) is 5.69 Å². The van der Waals surface area contributed by atoms with Crippen LogP contribution < -0.4 is 4.90 Å². The van der Waals surface area contributed by atoms with Crippen LogP contribution in [0, 0.1) is 0 Å². The van der Waals surface area contributed by atoms with E-state index in [1.165, 1.54) is 0 Å². The van der Waals surface area contributed by atoms with Crippen molar-refractivity contribution in [3.05, 3.63) is 30.3 Å². The Morgan fingerprint density at radius 1 is 1.40 bits per heavy atom. The summed E-state index contributed by atoms with van der Waals surface area (Å²) in [5.74, 6) is 0. The normalized spacial score (nSPS) is 9.47. The van der Waals surface area contributed by atoms with Crippen molar-refractivity contribution in [1.29, 1.82) is 0 Å². The van der Waals surface area contributed by atoms with Crippen molar-refractivity contribution < 1.29 is 14.8 Å². The Balaban J connectivity index is 2.90. The number of para-hydroxylation sites is 1. The van der Waals surface area contributed by atoms with Crippen LogP contribution in [0.15, 0.2) is 30.3 Å². The average molecular weight is 208 g/mol. The number of imide groups is 1. The Bertz CT molecular complexity index is 340. The van der Waals surface area contributed by atoms with Crippen LogP contribution in [0.4, 0.5) is 10.5 Å². The molecule has 0 heterocycles. The second-order valence-electron chi connectivity index (χ2n) is 2.81. The van der Waals surface area contributed by atoms with Crippen molar-refractivity contribution in [2.24, 2.45) is 0 Å². The minimum absolute atomic E-state index is 0.121. The maximum atomic E-state index is 11.5. The third-order valence-corrected chi connectivity index (χ3v) is 1.87. The van der Waals surface area contributed by atoms with Gasteiger partial charge in [-0.1, -0.05) is 18.2 Å². The van der Waals surface area contributed by atoms with Gasteiger partial charge in [0.15, 0.2) is 0 Å². The van der Waals surface area contributed by atoms with Crippen LogP contribution in [0.2, 0.25) is 0 Å². The van der Waals surface area contributed by atoms with E-state index in [1.54, 1.807) is 37.3 Å². The van der Waals surface area contributed by atoms with Gasteiger partial charge in [-0.25, -0.2) is 14.8 Å². The highest BCUT2D eigenvalue weighted by atomic mass is 16.5. The molecule has 0 aliphatic carbocycles. The van der Waals surface area contributed by atoms with Gasteiger partial charge in [-0.05, 0) is 19.1 Å². The summed E-state index contributed by atoms with van der Waals surface area (Å²) in [4.78, 5) is 23.0. The minimum atomic E-state index is -0.765. The van der Waals surface area contributed by atoms with E-state index < -0.39 is 6.03 Å². The van der Waals surface area contributed by atoms with E-state index in [9.17, 15) is 14.8 Å². The first kappa shape index (κ1) is 11.2. The summed E-state index contributed by atoms with van der Waals surface area (Å²) < 4.78 is 0. The molecule has 5 nitrogen and oxygen atoms in total. The zero-order chi connectivity index (χ0) is 11.3. The van der Waals surface area contributed by atoms with Crippen LogP contribution in [0.5, 0.6) is 0 Å². The second kappa shape index (κ2) is 5.11. The van der Waals surface area contributed by atoms with E-state index >= 15 is 0 Å². The Hall–Kier alpha value is -1.88. The van der Waals surface area contributed by atoms with Gasteiger partial charge in [0.2, 0.25) is 6.41 Å². The van der Waals surface area contributed by atoms with Crippen LogP contribution in [0.3, 0.4) is 0 Å². The van der Waals surface area contributed by atoms with E-state index in [1.807, 2.05) is 0 Å². The smallest absolute Gasteiger partial charge is 0.284 e. The number of benzene rings is 1. The van der Waals surface area contributed by atoms with Crippen LogP contribution in [0.25, 0.3) is 0 Å². The molecule has 1 aromatic rings. The van der Waals surface area contributed by atoms with Gasteiger partial charge in [0.25, 0.3) is 0 Å². The van der Waals surface area contributed by atoms with Crippen LogP contribution in [-0.2, 0) is 4.79 Å². The van der Waals surface area contributed by atoms with E-state index in [0.29, 0.717) is 17.2 Å². The molecular formula is C10H12N2O3. The van der Waals surface area contributed by atoms with E-state index in [4.69, 9.17) is 0 Å². The molecule has 0 saturated heterocycles. The highest BCUT2D eigenvalue weighted by molar-refractivity contribution is 6.05. The Morgan fingerprint density at radius 2 is 2.00 bits per heavy atom. The van der Waals surface area contributed by atoms with Gasteiger partial charge in [0, 0.05) is 6.54 Å². The molecule has 0 bridgehead atoms. The molecule has 0 radical (unpaired) electrons. The fourth-order valence-corrected chi connectivity index (χ4v) is 1.06. The van der Waals surface area contributed by atoms with Gasteiger partial charge in [-0.2, -0.15) is 0 Å². The first-order valence-corrected chi connectivity index (χ1v) is 4.50. The lowest BCUT2D eigenvalue weighted by Crippen LogP contribution is -2.40. The van der Waals surface area contributed by atoms with E-state index in [0.717, 1.165) is 4.90 Å². The molecule has 0 aliphatic heterocycles. The highest BCUT2D eigenvalue weighted by Gasteiger charge is 2.18. The zero-order valence-electron chi connectivity index (χ0n) is 8.33. The second-order valence-corrected chi connectivity index (χ2v) is 2.81. The predicted molar refractivity (Wildman–Crippen MR) is 54.5 cm³/mol. The predicted octanol–water partition coefficient (Wildman–Crippen LogP) is 1.48. The summed E-state index contributed by atoms with van der Waals surface area (Å²) in [5.41, 5.74) is 0.421. The number of hydrogen-bond donors (Lipinski definition) is 1.